The number of rotatable bonds is 3. The molecule has 1 radical (unpaired) electrons. The fourth-order valence-electron chi connectivity index (χ4n) is 1.44. The van der Waals surface area contributed by atoms with Crippen molar-refractivity contribution in [3.05, 3.63) is 41.3 Å². The summed E-state index contributed by atoms with van der Waals surface area (Å²) in [5.41, 5.74) is 2.41. The summed E-state index contributed by atoms with van der Waals surface area (Å²) >= 11 is 6.24. The molecule has 1 aromatic rings. The van der Waals surface area contributed by atoms with E-state index in [-0.39, 0.29) is 5.92 Å². The Kier molecular flexibility index (Phi) is 3.80. The van der Waals surface area contributed by atoms with Gasteiger partial charge in [-0.25, -0.2) is 0 Å². The minimum absolute atomic E-state index is 0.268. The minimum Gasteiger partial charge on any atom is -0.0837 e. The molecular formula is C12H16Cl. The summed E-state index contributed by atoms with van der Waals surface area (Å²) in [7, 11) is 0. The summed E-state index contributed by atoms with van der Waals surface area (Å²) in [4.78, 5) is 0. The largest absolute Gasteiger partial charge is 0.0837 e. The molecule has 0 aromatic heterocycles. The van der Waals surface area contributed by atoms with Gasteiger partial charge in [-0.1, -0.05) is 50.1 Å². The number of halogens is 1. The fraction of sp³-hybridized carbons (Fsp3) is 0.417. The first-order chi connectivity index (χ1) is 6.16. The SMILES string of the molecule is [CH2]C(C)c1cccc(CCC)c1Cl. The van der Waals surface area contributed by atoms with Crippen molar-refractivity contribution in [1.29, 1.82) is 0 Å². The Labute approximate surface area is 85.9 Å². The summed E-state index contributed by atoms with van der Waals surface area (Å²) in [6.45, 7) is 8.22. The van der Waals surface area contributed by atoms with Crippen LogP contribution >= 0.6 is 11.6 Å². The molecule has 0 bridgehead atoms. The van der Waals surface area contributed by atoms with Crippen LogP contribution in [0.2, 0.25) is 5.02 Å². The molecule has 0 saturated heterocycles. The second-order valence-corrected chi connectivity index (χ2v) is 3.85. The highest BCUT2D eigenvalue weighted by Crippen LogP contribution is 2.27. The molecule has 0 nitrogen and oxygen atoms in total. The van der Waals surface area contributed by atoms with Crippen LogP contribution in [0.5, 0.6) is 0 Å². The van der Waals surface area contributed by atoms with Crippen molar-refractivity contribution in [2.24, 2.45) is 0 Å². The average Bonchev–Trinajstić information content (AvgIpc) is 2.08. The quantitative estimate of drug-likeness (QED) is 0.677. The van der Waals surface area contributed by atoms with Crippen LogP contribution in [-0.4, -0.2) is 0 Å². The van der Waals surface area contributed by atoms with Crippen LogP contribution in [0.3, 0.4) is 0 Å². The van der Waals surface area contributed by atoms with Crippen molar-refractivity contribution in [2.45, 2.75) is 32.6 Å². The van der Waals surface area contributed by atoms with E-state index >= 15 is 0 Å². The van der Waals surface area contributed by atoms with Gasteiger partial charge in [0.1, 0.15) is 0 Å². The number of benzene rings is 1. The fourth-order valence-corrected chi connectivity index (χ4v) is 1.85. The van der Waals surface area contributed by atoms with Crippen molar-refractivity contribution in [1.82, 2.24) is 0 Å². The van der Waals surface area contributed by atoms with Gasteiger partial charge in [0.05, 0.1) is 0 Å². The maximum Gasteiger partial charge on any atom is 0.0472 e. The van der Waals surface area contributed by atoms with Gasteiger partial charge in [0, 0.05) is 5.02 Å². The number of hydrogen-bond donors (Lipinski definition) is 0. The molecule has 0 aliphatic rings. The van der Waals surface area contributed by atoms with E-state index < -0.39 is 0 Å². The molecule has 0 N–H and O–H groups in total. The third-order valence-electron chi connectivity index (χ3n) is 2.16. The molecule has 1 unspecified atom stereocenters. The lowest BCUT2D eigenvalue weighted by Crippen LogP contribution is -1.93. The van der Waals surface area contributed by atoms with Gasteiger partial charge in [-0.3, -0.25) is 0 Å². The van der Waals surface area contributed by atoms with Crippen molar-refractivity contribution in [2.75, 3.05) is 0 Å². The van der Waals surface area contributed by atoms with E-state index in [4.69, 9.17) is 11.6 Å². The molecule has 71 valence electrons. The first-order valence-electron chi connectivity index (χ1n) is 4.77. The van der Waals surface area contributed by atoms with Crippen molar-refractivity contribution in [3.63, 3.8) is 0 Å². The van der Waals surface area contributed by atoms with Gasteiger partial charge < -0.3 is 0 Å². The zero-order valence-electron chi connectivity index (χ0n) is 8.31. The van der Waals surface area contributed by atoms with E-state index in [1.807, 2.05) is 0 Å². The smallest absolute Gasteiger partial charge is 0.0472 e. The van der Waals surface area contributed by atoms with Gasteiger partial charge in [0.25, 0.3) is 0 Å². The standard InChI is InChI=1S/C12H16Cl/c1-4-6-10-7-5-8-11(9(2)3)12(10)13/h5,7-9H,2,4,6H2,1,3H3. The van der Waals surface area contributed by atoms with Crippen LogP contribution < -0.4 is 0 Å². The zero-order valence-corrected chi connectivity index (χ0v) is 9.06. The van der Waals surface area contributed by atoms with Gasteiger partial charge in [-0.05, 0) is 30.4 Å². The number of hydrogen-bond acceptors (Lipinski definition) is 0. The second-order valence-electron chi connectivity index (χ2n) is 3.47. The number of aryl methyl sites for hydroxylation is 1. The summed E-state index contributed by atoms with van der Waals surface area (Å²) in [6.07, 6.45) is 2.19. The molecule has 1 heteroatoms. The zero-order chi connectivity index (χ0) is 9.84. The first-order valence-corrected chi connectivity index (χ1v) is 5.15. The Balaban J connectivity index is 3.03. The summed E-state index contributed by atoms with van der Waals surface area (Å²) < 4.78 is 0. The molecule has 0 heterocycles. The Hall–Kier alpha value is -0.490. The molecule has 1 rings (SSSR count). The lowest BCUT2D eigenvalue weighted by molar-refractivity contribution is 0.905. The van der Waals surface area contributed by atoms with Gasteiger partial charge in [-0.15, -0.1) is 0 Å². The highest BCUT2D eigenvalue weighted by Gasteiger charge is 2.07. The molecule has 0 amide bonds. The highest BCUT2D eigenvalue weighted by atomic mass is 35.5. The monoisotopic (exact) mass is 195 g/mol. The summed E-state index contributed by atoms with van der Waals surface area (Å²) in [5, 5.41) is 0.909. The predicted molar refractivity (Wildman–Crippen MR) is 59.2 cm³/mol. The van der Waals surface area contributed by atoms with Crippen LogP contribution in [0.25, 0.3) is 0 Å². The summed E-state index contributed by atoms with van der Waals surface area (Å²) in [6, 6.07) is 6.21. The van der Waals surface area contributed by atoms with E-state index in [1.165, 1.54) is 5.56 Å². The molecule has 0 aliphatic heterocycles. The van der Waals surface area contributed by atoms with E-state index in [9.17, 15) is 0 Å². The Bertz CT molecular complexity index is 276. The van der Waals surface area contributed by atoms with E-state index in [2.05, 4.69) is 39.0 Å². The Morgan fingerprint density at radius 3 is 2.69 bits per heavy atom. The van der Waals surface area contributed by atoms with Gasteiger partial charge in [0.2, 0.25) is 0 Å². The van der Waals surface area contributed by atoms with Crippen molar-refractivity contribution < 1.29 is 0 Å². The molecule has 1 atom stereocenters. The van der Waals surface area contributed by atoms with Gasteiger partial charge in [-0.2, -0.15) is 0 Å². The van der Waals surface area contributed by atoms with E-state index in [0.29, 0.717) is 0 Å². The average molecular weight is 196 g/mol. The maximum atomic E-state index is 6.24. The minimum atomic E-state index is 0.268. The molecular weight excluding hydrogens is 180 g/mol. The topological polar surface area (TPSA) is 0 Å². The Morgan fingerprint density at radius 1 is 1.46 bits per heavy atom. The molecule has 0 fully saturated rings. The van der Waals surface area contributed by atoms with Crippen molar-refractivity contribution in [3.8, 4) is 0 Å². The molecule has 0 aliphatic carbocycles. The van der Waals surface area contributed by atoms with E-state index in [0.717, 1.165) is 23.4 Å². The lowest BCUT2D eigenvalue weighted by Gasteiger charge is -2.11. The Morgan fingerprint density at radius 2 is 2.15 bits per heavy atom. The van der Waals surface area contributed by atoms with Crippen LogP contribution in [0.15, 0.2) is 18.2 Å². The second kappa shape index (κ2) is 4.66. The third-order valence-corrected chi connectivity index (χ3v) is 2.62. The van der Waals surface area contributed by atoms with Crippen LogP contribution in [0.4, 0.5) is 0 Å². The van der Waals surface area contributed by atoms with Gasteiger partial charge >= 0.3 is 0 Å². The van der Waals surface area contributed by atoms with Crippen molar-refractivity contribution >= 4 is 11.6 Å². The van der Waals surface area contributed by atoms with Crippen LogP contribution in [0, 0.1) is 6.92 Å². The van der Waals surface area contributed by atoms with E-state index in [1.54, 1.807) is 0 Å². The van der Waals surface area contributed by atoms with Gasteiger partial charge in [0.15, 0.2) is 0 Å². The first kappa shape index (κ1) is 10.6. The summed E-state index contributed by atoms with van der Waals surface area (Å²) in [5.74, 6) is 0.268. The predicted octanol–water partition coefficient (Wildman–Crippen LogP) is 4.23. The third kappa shape index (κ3) is 2.47. The molecule has 13 heavy (non-hydrogen) atoms. The maximum absolute atomic E-state index is 6.24. The molecule has 1 aromatic carbocycles. The van der Waals surface area contributed by atoms with Crippen LogP contribution in [0.1, 0.15) is 37.3 Å². The highest BCUT2D eigenvalue weighted by molar-refractivity contribution is 6.32. The normalized spacial score (nSPS) is 10.8. The van der Waals surface area contributed by atoms with Crippen LogP contribution in [-0.2, 0) is 6.42 Å². The molecule has 0 spiro atoms. The molecule has 0 saturated carbocycles. The lowest BCUT2D eigenvalue weighted by atomic mass is 9.99.